The predicted molar refractivity (Wildman–Crippen MR) is 77.8 cm³/mol. The Morgan fingerprint density at radius 1 is 1.22 bits per heavy atom. The summed E-state index contributed by atoms with van der Waals surface area (Å²) in [5.74, 6) is 1.08. The molecule has 0 atom stereocenters. The fraction of sp³-hybridized carbons (Fsp3) is 0.467. The van der Waals surface area contributed by atoms with E-state index in [2.05, 4.69) is 34.1 Å². The second kappa shape index (κ2) is 5.06. The second-order valence-electron chi connectivity index (χ2n) is 5.22. The molecule has 0 radical (unpaired) electrons. The quantitative estimate of drug-likeness (QED) is 0.859. The van der Waals surface area contributed by atoms with Crippen LogP contribution in [0.3, 0.4) is 0 Å². The summed E-state index contributed by atoms with van der Waals surface area (Å²) in [6.07, 6.45) is 7.81. The number of fused-ring (bicyclic) bond motifs is 1. The van der Waals surface area contributed by atoms with E-state index in [1.807, 2.05) is 0 Å². The van der Waals surface area contributed by atoms with Crippen LogP contribution < -0.4 is 10.5 Å². The number of allylic oxidation sites excluding steroid dienone is 1. The number of ether oxygens (including phenoxy) is 1. The van der Waals surface area contributed by atoms with Crippen molar-refractivity contribution in [2.24, 2.45) is 5.73 Å². The third kappa shape index (κ3) is 2.47. The van der Waals surface area contributed by atoms with Gasteiger partial charge in [0, 0.05) is 22.5 Å². The molecule has 2 N–H and O–H groups in total. The summed E-state index contributed by atoms with van der Waals surface area (Å²) >= 11 is 3.59. The third-order valence-electron chi connectivity index (χ3n) is 3.81. The molecule has 96 valence electrons. The van der Waals surface area contributed by atoms with Crippen molar-refractivity contribution in [1.29, 1.82) is 0 Å². The lowest BCUT2D eigenvalue weighted by molar-refractivity contribution is 0.356. The smallest absolute Gasteiger partial charge is 0.129 e. The topological polar surface area (TPSA) is 35.2 Å². The lowest BCUT2D eigenvalue weighted by Crippen LogP contribution is -2.23. The maximum Gasteiger partial charge on any atom is 0.129 e. The van der Waals surface area contributed by atoms with Crippen LogP contribution >= 0.6 is 15.9 Å². The Morgan fingerprint density at radius 3 is 2.78 bits per heavy atom. The SMILES string of the molecule is NC1CCC(=Cc2cc(Br)cc3c2OCC3)CC1. The number of hydrogen-bond donors (Lipinski definition) is 1. The van der Waals surface area contributed by atoms with Crippen LogP contribution in [-0.4, -0.2) is 12.6 Å². The standard InChI is InChI=1S/C15H18BrNO/c16-13-8-11-5-6-18-15(11)12(9-13)7-10-1-3-14(17)4-2-10/h7-9,14H,1-6,17H2. The van der Waals surface area contributed by atoms with Crippen LogP contribution in [0.5, 0.6) is 5.75 Å². The molecule has 0 unspecified atom stereocenters. The normalized spacial score (nSPS) is 22.6. The van der Waals surface area contributed by atoms with Crippen molar-refractivity contribution in [3.63, 3.8) is 0 Å². The van der Waals surface area contributed by atoms with E-state index in [1.165, 1.54) is 16.7 Å². The van der Waals surface area contributed by atoms with Crippen molar-refractivity contribution >= 4 is 22.0 Å². The summed E-state index contributed by atoms with van der Waals surface area (Å²) in [5.41, 5.74) is 10.00. The molecule has 18 heavy (non-hydrogen) atoms. The van der Waals surface area contributed by atoms with Crippen molar-refractivity contribution in [2.75, 3.05) is 6.61 Å². The van der Waals surface area contributed by atoms with Crippen molar-refractivity contribution < 1.29 is 4.74 Å². The zero-order valence-electron chi connectivity index (χ0n) is 10.4. The monoisotopic (exact) mass is 307 g/mol. The first-order valence-corrected chi connectivity index (χ1v) is 7.42. The molecule has 1 aliphatic carbocycles. The van der Waals surface area contributed by atoms with Crippen molar-refractivity contribution in [2.45, 2.75) is 38.1 Å². The molecule has 3 heteroatoms. The molecule has 0 bridgehead atoms. The highest BCUT2D eigenvalue weighted by Gasteiger charge is 2.18. The van der Waals surface area contributed by atoms with E-state index in [0.717, 1.165) is 48.9 Å². The predicted octanol–water partition coefficient (Wildman–Crippen LogP) is 3.67. The maximum atomic E-state index is 5.95. The molecule has 0 saturated heterocycles. The van der Waals surface area contributed by atoms with Crippen LogP contribution in [0.1, 0.15) is 36.8 Å². The Balaban J connectivity index is 1.91. The maximum absolute atomic E-state index is 5.95. The largest absolute Gasteiger partial charge is 0.492 e. The van der Waals surface area contributed by atoms with Gasteiger partial charge in [0.2, 0.25) is 0 Å². The average molecular weight is 308 g/mol. The molecular weight excluding hydrogens is 290 g/mol. The van der Waals surface area contributed by atoms with E-state index in [-0.39, 0.29) is 0 Å². The third-order valence-corrected chi connectivity index (χ3v) is 4.27. The lowest BCUT2D eigenvalue weighted by Gasteiger charge is -2.20. The van der Waals surface area contributed by atoms with Crippen molar-refractivity contribution in [1.82, 2.24) is 0 Å². The van der Waals surface area contributed by atoms with E-state index < -0.39 is 0 Å². The summed E-state index contributed by atoms with van der Waals surface area (Å²) in [6, 6.07) is 4.72. The van der Waals surface area contributed by atoms with E-state index in [0.29, 0.717) is 6.04 Å². The fourth-order valence-electron chi connectivity index (χ4n) is 2.78. The van der Waals surface area contributed by atoms with Crippen LogP contribution in [0.2, 0.25) is 0 Å². The fourth-order valence-corrected chi connectivity index (χ4v) is 3.30. The lowest BCUT2D eigenvalue weighted by atomic mass is 9.90. The zero-order valence-corrected chi connectivity index (χ0v) is 12.0. The van der Waals surface area contributed by atoms with E-state index in [4.69, 9.17) is 10.5 Å². The molecule has 0 amide bonds. The number of benzene rings is 1. The van der Waals surface area contributed by atoms with Crippen molar-refractivity contribution in [3.05, 3.63) is 33.3 Å². The summed E-state index contributed by atoms with van der Waals surface area (Å²) < 4.78 is 6.90. The number of nitrogens with two attached hydrogens (primary N) is 1. The molecule has 1 fully saturated rings. The Kier molecular flexibility index (Phi) is 3.44. The van der Waals surface area contributed by atoms with Crippen LogP contribution in [0.25, 0.3) is 6.08 Å². The van der Waals surface area contributed by atoms with Crippen LogP contribution in [0.4, 0.5) is 0 Å². The van der Waals surface area contributed by atoms with Gasteiger partial charge in [-0.15, -0.1) is 0 Å². The van der Waals surface area contributed by atoms with Gasteiger partial charge in [-0.3, -0.25) is 0 Å². The van der Waals surface area contributed by atoms with Gasteiger partial charge in [-0.25, -0.2) is 0 Å². The highest BCUT2D eigenvalue weighted by atomic mass is 79.9. The van der Waals surface area contributed by atoms with Gasteiger partial charge in [-0.1, -0.05) is 27.6 Å². The van der Waals surface area contributed by atoms with Gasteiger partial charge >= 0.3 is 0 Å². The van der Waals surface area contributed by atoms with Gasteiger partial charge in [0.15, 0.2) is 0 Å². The van der Waals surface area contributed by atoms with Gasteiger partial charge in [-0.05, 0) is 43.4 Å². The van der Waals surface area contributed by atoms with Gasteiger partial charge in [0.05, 0.1) is 6.61 Å². The molecule has 1 saturated carbocycles. The molecule has 1 aliphatic heterocycles. The summed E-state index contributed by atoms with van der Waals surface area (Å²) in [5, 5.41) is 0. The highest BCUT2D eigenvalue weighted by Crippen LogP contribution is 2.35. The first-order valence-electron chi connectivity index (χ1n) is 6.62. The molecule has 1 aromatic carbocycles. The Labute approximate surface area is 116 Å². The minimum atomic E-state index is 0.395. The van der Waals surface area contributed by atoms with Crippen LogP contribution in [0, 0.1) is 0 Å². The molecule has 2 aliphatic rings. The Morgan fingerprint density at radius 2 is 2.00 bits per heavy atom. The summed E-state index contributed by atoms with van der Waals surface area (Å²) in [7, 11) is 0. The minimum Gasteiger partial charge on any atom is -0.492 e. The minimum absolute atomic E-state index is 0.395. The molecule has 1 heterocycles. The number of halogens is 1. The van der Waals surface area contributed by atoms with Gasteiger partial charge in [0.1, 0.15) is 5.75 Å². The molecule has 0 aromatic heterocycles. The number of hydrogen-bond acceptors (Lipinski definition) is 2. The summed E-state index contributed by atoms with van der Waals surface area (Å²) in [6.45, 7) is 0.812. The Hall–Kier alpha value is -0.800. The molecule has 1 aromatic rings. The Bertz CT molecular complexity index is 486. The molecular formula is C15H18BrNO. The average Bonchev–Trinajstić information content (AvgIpc) is 2.80. The molecule has 3 rings (SSSR count). The van der Waals surface area contributed by atoms with Gasteiger partial charge in [0.25, 0.3) is 0 Å². The first kappa shape index (κ1) is 12.2. The number of rotatable bonds is 1. The second-order valence-corrected chi connectivity index (χ2v) is 6.14. The van der Waals surface area contributed by atoms with E-state index in [9.17, 15) is 0 Å². The van der Waals surface area contributed by atoms with E-state index >= 15 is 0 Å². The molecule has 2 nitrogen and oxygen atoms in total. The summed E-state index contributed by atoms with van der Waals surface area (Å²) in [4.78, 5) is 0. The van der Waals surface area contributed by atoms with Crippen molar-refractivity contribution in [3.8, 4) is 5.75 Å². The molecule has 0 spiro atoms. The zero-order chi connectivity index (χ0) is 12.5. The van der Waals surface area contributed by atoms with E-state index in [1.54, 1.807) is 0 Å². The highest BCUT2D eigenvalue weighted by molar-refractivity contribution is 9.10. The van der Waals surface area contributed by atoms with Gasteiger partial charge < -0.3 is 10.5 Å². The van der Waals surface area contributed by atoms with Crippen LogP contribution in [0.15, 0.2) is 22.2 Å². The first-order chi connectivity index (χ1) is 8.72. The van der Waals surface area contributed by atoms with Crippen LogP contribution in [-0.2, 0) is 6.42 Å². The van der Waals surface area contributed by atoms with Gasteiger partial charge in [-0.2, -0.15) is 0 Å².